The van der Waals surface area contributed by atoms with Gasteiger partial charge in [0.15, 0.2) is 0 Å². The Morgan fingerprint density at radius 1 is 1.10 bits per heavy atom. The predicted molar refractivity (Wildman–Crippen MR) is 89.5 cm³/mol. The lowest BCUT2D eigenvalue weighted by atomic mass is 9.94. The number of benzene rings is 1. The van der Waals surface area contributed by atoms with Crippen LogP contribution in [0, 0.1) is 0 Å². The second kappa shape index (κ2) is 5.44. The molecule has 2 nitrogen and oxygen atoms in total. The minimum atomic E-state index is -1.02. The summed E-state index contributed by atoms with van der Waals surface area (Å²) < 4.78 is 12.6. The fourth-order valence-corrected chi connectivity index (χ4v) is 3.83. The first kappa shape index (κ1) is 14.6. The van der Waals surface area contributed by atoms with Crippen LogP contribution in [0.1, 0.15) is 33.3 Å². The third-order valence-corrected chi connectivity index (χ3v) is 5.52. The molecule has 1 aromatic carbocycles. The first-order valence-electron chi connectivity index (χ1n) is 7.27. The van der Waals surface area contributed by atoms with Gasteiger partial charge in [0.05, 0.1) is 0 Å². The summed E-state index contributed by atoms with van der Waals surface area (Å²) in [6, 6.07) is 8.24. The van der Waals surface area contributed by atoms with Gasteiger partial charge in [0.25, 0.3) is 0 Å². The van der Waals surface area contributed by atoms with Crippen molar-refractivity contribution in [3.63, 3.8) is 0 Å². The van der Waals surface area contributed by atoms with Crippen LogP contribution in [0.2, 0.25) is 0 Å². The van der Waals surface area contributed by atoms with E-state index in [2.05, 4.69) is 58.1 Å². The zero-order chi connectivity index (χ0) is 15.0. The lowest BCUT2D eigenvalue weighted by Crippen LogP contribution is -2.23. The first-order valence-corrected chi connectivity index (χ1v) is 8.44. The minimum absolute atomic E-state index is 0.0197. The first-order chi connectivity index (χ1) is 9.97. The second-order valence-corrected chi connectivity index (χ2v) is 8.61. The molecule has 0 bridgehead atoms. The maximum Gasteiger partial charge on any atom is 0.236 e. The van der Waals surface area contributed by atoms with Gasteiger partial charge in [0, 0.05) is 10.7 Å². The Morgan fingerprint density at radius 3 is 2.62 bits per heavy atom. The average Bonchev–Trinajstić information content (AvgIpc) is 2.44. The van der Waals surface area contributed by atoms with Crippen LogP contribution >= 0.6 is 8.38 Å². The van der Waals surface area contributed by atoms with Gasteiger partial charge >= 0.3 is 0 Å². The normalized spacial score (nSPS) is 28.2. The van der Waals surface area contributed by atoms with Crippen molar-refractivity contribution in [2.45, 2.75) is 39.0 Å². The molecule has 2 atom stereocenters. The van der Waals surface area contributed by atoms with Gasteiger partial charge < -0.3 is 9.05 Å². The maximum atomic E-state index is 6.33. The van der Waals surface area contributed by atoms with Crippen molar-refractivity contribution >= 4 is 13.9 Å². The zero-order valence-corrected chi connectivity index (χ0v) is 13.9. The van der Waals surface area contributed by atoms with E-state index in [-0.39, 0.29) is 11.3 Å². The van der Waals surface area contributed by atoms with E-state index in [1.165, 1.54) is 11.1 Å². The molecule has 2 unspecified atom stereocenters. The number of fused-ring (bicyclic) bond motifs is 2. The number of allylic oxidation sites excluding steroid dienone is 3. The van der Waals surface area contributed by atoms with E-state index in [0.29, 0.717) is 0 Å². The van der Waals surface area contributed by atoms with Crippen LogP contribution in [-0.4, -0.2) is 11.3 Å². The molecule has 0 spiro atoms. The van der Waals surface area contributed by atoms with Gasteiger partial charge in [-0.2, -0.15) is 0 Å². The van der Waals surface area contributed by atoms with Gasteiger partial charge in [0.1, 0.15) is 11.9 Å². The molecule has 21 heavy (non-hydrogen) atoms. The highest BCUT2D eigenvalue weighted by atomic mass is 31.2. The highest BCUT2D eigenvalue weighted by molar-refractivity contribution is 7.49. The molecule has 0 fully saturated rings. The molecule has 1 aliphatic heterocycles. The van der Waals surface area contributed by atoms with E-state index >= 15 is 0 Å². The summed E-state index contributed by atoms with van der Waals surface area (Å²) in [5.41, 5.74) is 3.61. The Hall–Kier alpha value is -1.37. The lowest BCUT2D eigenvalue weighted by Gasteiger charge is -2.35. The molecule has 3 rings (SSSR count). The summed E-state index contributed by atoms with van der Waals surface area (Å²) in [5.74, 6) is 0.921. The molecule has 1 aromatic rings. The van der Waals surface area contributed by atoms with Crippen LogP contribution in [0.3, 0.4) is 0 Å². The quantitative estimate of drug-likeness (QED) is 0.591. The van der Waals surface area contributed by atoms with Crippen LogP contribution in [0.25, 0.3) is 5.57 Å². The standard InChI is InChI=1S/C18H21O2P/c1-13-14-9-5-7-11-16(14)19-21(18(2,3)4)20-17-12-8-6-10-15(13)17/h5-12,16H,1-4H3/b14-13-. The van der Waals surface area contributed by atoms with Gasteiger partial charge in [-0.15, -0.1) is 0 Å². The molecule has 0 saturated carbocycles. The maximum absolute atomic E-state index is 6.33. The highest BCUT2D eigenvalue weighted by Gasteiger charge is 2.35. The molecular formula is C18H21O2P. The van der Waals surface area contributed by atoms with Gasteiger partial charge in [-0.05, 0) is 24.1 Å². The molecule has 0 saturated heterocycles. The number of rotatable bonds is 0. The average molecular weight is 300 g/mol. The van der Waals surface area contributed by atoms with Crippen molar-refractivity contribution in [2.24, 2.45) is 0 Å². The number of hydrogen-bond acceptors (Lipinski definition) is 2. The Balaban J connectivity index is 2.15. The fraction of sp³-hybridized carbons (Fsp3) is 0.333. The largest absolute Gasteiger partial charge is 0.446 e. The Kier molecular flexibility index (Phi) is 3.77. The summed E-state index contributed by atoms with van der Waals surface area (Å²) in [6.07, 6.45) is 8.36. The summed E-state index contributed by atoms with van der Waals surface area (Å²) in [6.45, 7) is 8.65. The van der Waals surface area contributed by atoms with E-state index in [4.69, 9.17) is 9.05 Å². The molecule has 0 N–H and O–H groups in total. The molecule has 1 heterocycles. The monoisotopic (exact) mass is 300 g/mol. The second-order valence-electron chi connectivity index (χ2n) is 6.37. The zero-order valence-electron chi connectivity index (χ0n) is 13.0. The van der Waals surface area contributed by atoms with Gasteiger partial charge in [-0.25, -0.2) is 0 Å². The lowest BCUT2D eigenvalue weighted by molar-refractivity contribution is 0.271. The molecule has 110 valence electrons. The van der Waals surface area contributed by atoms with E-state index in [1.807, 2.05) is 18.2 Å². The van der Waals surface area contributed by atoms with Crippen LogP contribution < -0.4 is 4.52 Å². The molecule has 3 heteroatoms. The topological polar surface area (TPSA) is 18.5 Å². The van der Waals surface area contributed by atoms with E-state index in [9.17, 15) is 0 Å². The number of para-hydroxylation sites is 1. The van der Waals surface area contributed by atoms with Gasteiger partial charge in [0.2, 0.25) is 8.38 Å². The molecule has 0 amide bonds. The summed E-state index contributed by atoms with van der Waals surface area (Å²) in [4.78, 5) is 0. The minimum Gasteiger partial charge on any atom is -0.446 e. The molecule has 0 radical (unpaired) electrons. The Morgan fingerprint density at radius 2 is 1.86 bits per heavy atom. The smallest absolute Gasteiger partial charge is 0.236 e. The van der Waals surface area contributed by atoms with Crippen LogP contribution in [0.5, 0.6) is 5.75 Å². The van der Waals surface area contributed by atoms with E-state index < -0.39 is 8.38 Å². The van der Waals surface area contributed by atoms with Crippen molar-refractivity contribution in [3.05, 3.63) is 59.7 Å². The Bertz CT molecular complexity index is 635. The Labute approximate surface area is 128 Å². The van der Waals surface area contributed by atoms with Gasteiger partial charge in [-0.1, -0.05) is 63.3 Å². The predicted octanol–water partition coefficient (Wildman–Crippen LogP) is 5.47. The molecule has 1 aliphatic carbocycles. The molecule has 2 aliphatic rings. The third-order valence-electron chi connectivity index (χ3n) is 3.64. The fourth-order valence-electron chi connectivity index (χ4n) is 2.47. The van der Waals surface area contributed by atoms with Crippen LogP contribution in [-0.2, 0) is 4.52 Å². The molecular weight excluding hydrogens is 279 g/mol. The van der Waals surface area contributed by atoms with Crippen molar-refractivity contribution in [1.29, 1.82) is 0 Å². The SMILES string of the molecule is C/C1=C2\C=CC=CC2OP(C(C)(C)C)Oc2ccccc21. The van der Waals surface area contributed by atoms with Crippen molar-refractivity contribution < 1.29 is 9.05 Å². The summed E-state index contributed by atoms with van der Waals surface area (Å²) in [7, 11) is -1.02. The van der Waals surface area contributed by atoms with E-state index in [1.54, 1.807) is 0 Å². The number of hydrogen-bond donors (Lipinski definition) is 0. The molecule has 0 aromatic heterocycles. The highest BCUT2D eigenvalue weighted by Crippen LogP contribution is 2.55. The third kappa shape index (κ3) is 2.84. The summed E-state index contributed by atoms with van der Waals surface area (Å²) >= 11 is 0. The van der Waals surface area contributed by atoms with Crippen molar-refractivity contribution in [1.82, 2.24) is 0 Å². The van der Waals surface area contributed by atoms with Crippen LogP contribution in [0.4, 0.5) is 0 Å². The van der Waals surface area contributed by atoms with Crippen LogP contribution in [0.15, 0.2) is 54.1 Å². The van der Waals surface area contributed by atoms with Crippen molar-refractivity contribution in [2.75, 3.05) is 0 Å². The van der Waals surface area contributed by atoms with Gasteiger partial charge in [-0.3, -0.25) is 0 Å². The summed E-state index contributed by atoms with van der Waals surface area (Å²) in [5, 5.41) is -0.0339. The van der Waals surface area contributed by atoms with E-state index in [0.717, 1.165) is 11.3 Å². The van der Waals surface area contributed by atoms with Crippen molar-refractivity contribution in [3.8, 4) is 5.75 Å².